The number of thiazole rings is 1. The molecular formula is C17H25Cl2N3OS. The van der Waals surface area contributed by atoms with Crippen LogP contribution in [0, 0.1) is 6.92 Å². The number of halogens is 2. The molecule has 0 aliphatic heterocycles. The fraction of sp³-hybridized carbons (Fsp3) is 0.412. The lowest BCUT2D eigenvalue weighted by molar-refractivity contribution is 0.0939. The summed E-state index contributed by atoms with van der Waals surface area (Å²) in [6, 6.07) is 9.96. The number of aryl methyl sites for hydroxylation is 1. The predicted octanol–water partition coefficient (Wildman–Crippen LogP) is 4.21. The summed E-state index contributed by atoms with van der Waals surface area (Å²) < 4.78 is 0. The van der Waals surface area contributed by atoms with Gasteiger partial charge in [0.2, 0.25) is 0 Å². The molecule has 7 heteroatoms. The van der Waals surface area contributed by atoms with Crippen molar-refractivity contribution in [2.45, 2.75) is 39.2 Å². The second-order valence-electron chi connectivity index (χ2n) is 5.35. The summed E-state index contributed by atoms with van der Waals surface area (Å²) in [5.41, 5.74) is 7.56. The average Bonchev–Trinajstić information content (AvgIpc) is 2.94. The highest BCUT2D eigenvalue weighted by Crippen LogP contribution is 2.27. The van der Waals surface area contributed by atoms with Crippen LogP contribution in [0.4, 0.5) is 0 Å². The molecule has 0 radical (unpaired) electrons. The number of hydrogen-bond acceptors (Lipinski definition) is 4. The largest absolute Gasteiger partial charge is 0.347 e. The van der Waals surface area contributed by atoms with Gasteiger partial charge >= 0.3 is 0 Å². The van der Waals surface area contributed by atoms with Crippen LogP contribution in [-0.2, 0) is 0 Å². The molecular weight excluding hydrogens is 365 g/mol. The molecule has 1 heterocycles. The third kappa shape index (κ3) is 6.06. The highest BCUT2D eigenvalue weighted by Gasteiger charge is 2.18. The lowest BCUT2D eigenvalue weighted by atomic mass is 10.1. The highest BCUT2D eigenvalue weighted by atomic mass is 35.5. The van der Waals surface area contributed by atoms with Gasteiger partial charge in [-0.15, -0.1) is 36.2 Å². The van der Waals surface area contributed by atoms with Crippen LogP contribution in [0.15, 0.2) is 30.3 Å². The summed E-state index contributed by atoms with van der Waals surface area (Å²) in [4.78, 5) is 17.6. The Hall–Kier alpha value is -1.14. The minimum Gasteiger partial charge on any atom is -0.347 e. The van der Waals surface area contributed by atoms with Crippen molar-refractivity contribution in [2.75, 3.05) is 6.54 Å². The van der Waals surface area contributed by atoms with Crippen molar-refractivity contribution in [3.05, 3.63) is 40.9 Å². The molecule has 2 rings (SSSR count). The van der Waals surface area contributed by atoms with E-state index in [1.165, 1.54) is 11.3 Å². The number of nitrogens with zero attached hydrogens (tertiary/aromatic N) is 1. The van der Waals surface area contributed by atoms with Crippen molar-refractivity contribution in [3.63, 3.8) is 0 Å². The molecule has 0 saturated heterocycles. The van der Waals surface area contributed by atoms with Crippen molar-refractivity contribution in [2.24, 2.45) is 5.73 Å². The Balaban J connectivity index is 0.00000264. The van der Waals surface area contributed by atoms with Gasteiger partial charge in [-0.1, -0.05) is 50.1 Å². The minimum atomic E-state index is -0.0660. The number of nitrogens with one attached hydrogen (secondary N) is 1. The van der Waals surface area contributed by atoms with Crippen LogP contribution in [0.2, 0.25) is 0 Å². The summed E-state index contributed by atoms with van der Waals surface area (Å²) in [5.74, 6) is -0.0660. The third-order valence-corrected chi connectivity index (χ3v) is 4.75. The van der Waals surface area contributed by atoms with Gasteiger partial charge in [0.1, 0.15) is 9.88 Å². The van der Waals surface area contributed by atoms with Crippen LogP contribution >= 0.6 is 36.2 Å². The van der Waals surface area contributed by atoms with E-state index >= 15 is 0 Å². The number of carbonyl (C=O) groups excluding carboxylic acids is 1. The van der Waals surface area contributed by atoms with E-state index in [1.54, 1.807) is 0 Å². The predicted molar refractivity (Wildman–Crippen MR) is 107 cm³/mol. The van der Waals surface area contributed by atoms with Crippen LogP contribution in [-0.4, -0.2) is 23.5 Å². The first-order chi connectivity index (χ1) is 10.7. The average molecular weight is 390 g/mol. The van der Waals surface area contributed by atoms with E-state index < -0.39 is 0 Å². The summed E-state index contributed by atoms with van der Waals surface area (Å²) in [7, 11) is 0. The molecule has 0 aliphatic carbocycles. The first-order valence-corrected chi connectivity index (χ1v) is 8.51. The van der Waals surface area contributed by atoms with Gasteiger partial charge in [0.05, 0.1) is 5.69 Å². The summed E-state index contributed by atoms with van der Waals surface area (Å²) in [6.45, 7) is 4.48. The number of hydrogen-bond donors (Lipinski definition) is 2. The van der Waals surface area contributed by atoms with Crippen molar-refractivity contribution in [1.82, 2.24) is 10.3 Å². The molecule has 0 bridgehead atoms. The monoisotopic (exact) mass is 389 g/mol. The number of rotatable bonds is 7. The molecule has 134 valence electrons. The fourth-order valence-corrected chi connectivity index (χ4v) is 3.24. The van der Waals surface area contributed by atoms with E-state index in [9.17, 15) is 4.79 Å². The number of nitrogens with two attached hydrogens (primary N) is 1. The van der Waals surface area contributed by atoms with E-state index in [0.29, 0.717) is 11.4 Å². The van der Waals surface area contributed by atoms with Crippen LogP contribution in [0.25, 0.3) is 10.6 Å². The summed E-state index contributed by atoms with van der Waals surface area (Å²) >= 11 is 1.43. The number of aromatic nitrogens is 1. The third-order valence-electron chi connectivity index (χ3n) is 3.55. The van der Waals surface area contributed by atoms with E-state index in [0.717, 1.165) is 35.5 Å². The molecule has 1 amide bonds. The first kappa shape index (κ1) is 22.9. The Kier molecular flexibility index (Phi) is 10.9. The van der Waals surface area contributed by atoms with Crippen LogP contribution in [0.3, 0.4) is 0 Å². The lowest BCUT2D eigenvalue weighted by Gasteiger charge is -2.15. The topological polar surface area (TPSA) is 68.0 Å². The summed E-state index contributed by atoms with van der Waals surface area (Å²) in [5, 5.41) is 3.91. The molecule has 0 spiro atoms. The SMILES string of the molecule is CCCCC(CN)NC(=O)c1sc(-c2ccccc2)nc1C.Cl.Cl. The van der Waals surface area contributed by atoms with Crippen LogP contribution in [0.5, 0.6) is 0 Å². The second-order valence-corrected chi connectivity index (χ2v) is 6.35. The smallest absolute Gasteiger partial charge is 0.263 e. The van der Waals surface area contributed by atoms with Crippen LogP contribution < -0.4 is 11.1 Å². The number of carbonyl (C=O) groups is 1. The molecule has 1 atom stereocenters. The first-order valence-electron chi connectivity index (χ1n) is 7.69. The molecule has 0 saturated carbocycles. The van der Waals surface area contributed by atoms with Crippen molar-refractivity contribution >= 4 is 42.1 Å². The zero-order valence-electron chi connectivity index (χ0n) is 14.0. The molecule has 3 N–H and O–H groups in total. The van der Waals surface area contributed by atoms with Crippen molar-refractivity contribution in [3.8, 4) is 10.6 Å². The second kappa shape index (κ2) is 11.4. The Morgan fingerprint density at radius 1 is 1.29 bits per heavy atom. The quantitative estimate of drug-likeness (QED) is 0.744. The Morgan fingerprint density at radius 3 is 2.54 bits per heavy atom. The summed E-state index contributed by atoms with van der Waals surface area (Å²) in [6.07, 6.45) is 3.09. The van der Waals surface area contributed by atoms with E-state index in [1.807, 2.05) is 37.3 Å². The maximum atomic E-state index is 12.4. The molecule has 0 aliphatic rings. The van der Waals surface area contributed by atoms with Gasteiger partial charge in [-0.3, -0.25) is 4.79 Å². The normalized spacial score (nSPS) is 11.1. The highest BCUT2D eigenvalue weighted by molar-refractivity contribution is 7.17. The van der Waals surface area contributed by atoms with E-state index in [4.69, 9.17) is 5.73 Å². The van der Waals surface area contributed by atoms with Gasteiger partial charge in [0.25, 0.3) is 5.91 Å². The lowest BCUT2D eigenvalue weighted by Crippen LogP contribution is -2.40. The van der Waals surface area contributed by atoms with Gasteiger partial charge in [-0.2, -0.15) is 0 Å². The maximum absolute atomic E-state index is 12.4. The van der Waals surface area contributed by atoms with Gasteiger partial charge in [-0.25, -0.2) is 4.98 Å². The van der Waals surface area contributed by atoms with E-state index in [-0.39, 0.29) is 36.8 Å². The van der Waals surface area contributed by atoms with Gasteiger partial charge in [0, 0.05) is 18.2 Å². The molecule has 2 aromatic rings. The number of unbranched alkanes of at least 4 members (excludes halogenated alkanes) is 1. The maximum Gasteiger partial charge on any atom is 0.263 e. The minimum absolute atomic E-state index is 0. The van der Waals surface area contributed by atoms with Crippen molar-refractivity contribution in [1.29, 1.82) is 0 Å². The standard InChI is InChI=1S/C17H23N3OS.2ClH/c1-3-4-10-14(11-18)20-16(21)15-12(2)19-17(22-15)13-8-6-5-7-9-13;;/h5-9,14H,3-4,10-11,18H2,1-2H3,(H,20,21);2*1H. The Bertz CT molecular complexity index is 620. The fourth-order valence-electron chi connectivity index (χ4n) is 2.26. The van der Waals surface area contributed by atoms with E-state index in [2.05, 4.69) is 17.2 Å². The Labute approximate surface area is 160 Å². The number of benzene rings is 1. The van der Waals surface area contributed by atoms with Gasteiger partial charge in [0.15, 0.2) is 0 Å². The van der Waals surface area contributed by atoms with Gasteiger partial charge < -0.3 is 11.1 Å². The molecule has 1 aromatic carbocycles. The molecule has 0 fully saturated rings. The van der Waals surface area contributed by atoms with Gasteiger partial charge in [-0.05, 0) is 13.3 Å². The number of amides is 1. The zero-order chi connectivity index (χ0) is 15.9. The molecule has 1 aromatic heterocycles. The van der Waals surface area contributed by atoms with Crippen molar-refractivity contribution < 1.29 is 4.79 Å². The Morgan fingerprint density at radius 2 is 1.96 bits per heavy atom. The molecule has 24 heavy (non-hydrogen) atoms. The van der Waals surface area contributed by atoms with Crippen LogP contribution in [0.1, 0.15) is 41.6 Å². The molecule has 4 nitrogen and oxygen atoms in total. The zero-order valence-corrected chi connectivity index (χ0v) is 16.4. The molecule has 1 unspecified atom stereocenters.